The fourth-order valence-corrected chi connectivity index (χ4v) is 2.46. The maximum Gasteiger partial charge on any atom is 0.276 e. The molecule has 0 aliphatic rings. The van der Waals surface area contributed by atoms with Crippen molar-refractivity contribution in [2.45, 2.75) is 6.92 Å². The number of nitrogens with one attached hydrogen (secondary N) is 1. The molecule has 2 aromatic rings. The standard InChI is InChI=1S/C16H16BrN3O3/c1-10-8-11(17)5-6-12(10)19-14(22)9-20(2)16(23)15-13(21)4-3-7-18-15/h3-8,21H,9H2,1-2H3,(H,19,22). The van der Waals surface area contributed by atoms with Gasteiger partial charge in [0.25, 0.3) is 5.91 Å². The first-order chi connectivity index (χ1) is 10.9. The van der Waals surface area contributed by atoms with Crippen LogP contribution in [0.15, 0.2) is 41.0 Å². The molecule has 0 aliphatic heterocycles. The molecule has 0 aliphatic carbocycles. The van der Waals surface area contributed by atoms with E-state index < -0.39 is 5.91 Å². The Morgan fingerprint density at radius 1 is 1.35 bits per heavy atom. The first-order valence-corrected chi connectivity index (χ1v) is 7.63. The third kappa shape index (κ3) is 4.29. The van der Waals surface area contributed by atoms with Crippen LogP contribution in [0.5, 0.6) is 5.75 Å². The average Bonchev–Trinajstić information content (AvgIpc) is 2.50. The predicted octanol–water partition coefficient (Wildman–Crippen LogP) is 2.57. The number of aromatic hydroxyl groups is 1. The molecule has 1 aromatic carbocycles. The molecular weight excluding hydrogens is 362 g/mol. The van der Waals surface area contributed by atoms with Gasteiger partial charge in [-0.3, -0.25) is 9.59 Å². The number of rotatable bonds is 4. The highest BCUT2D eigenvalue weighted by atomic mass is 79.9. The quantitative estimate of drug-likeness (QED) is 0.857. The van der Waals surface area contributed by atoms with Gasteiger partial charge in [0.05, 0.1) is 6.54 Å². The van der Waals surface area contributed by atoms with Crippen molar-refractivity contribution in [2.75, 3.05) is 18.9 Å². The van der Waals surface area contributed by atoms with Gasteiger partial charge in [-0.1, -0.05) is 15.9 Å². The lowest BCUT2D eigenvalue weighted by molar-refractivity contribution is -0.116. The molecule has 1 heterocycles. The molecule has 2 amide bonds. The van der Waals surface area contributed by atoms with Crippen molar-refractivity contribution in [1.29, 1.82) is 0 Å². The zero-order valence-electron chi connectivity index (χ0n) is 12.7. The monoisotopic (exact) mass is 377 g/mol. The van der Waals surface area contributed by atoms with E-state index in [-0.39, 0.29) is 23.9 Å². The summed E-state index contributed by atoms with van der Waals surface area (Å²) in [5.41, 5.74) is 1.51. The third-order valence-corrected chi connectivity index (χ3v) is 3.67. The summed E-state index contributed by atoms with van der Waals surface area (Å²) >= 11 is 3.36. The molecule has 6 nitrogen and oxygen atoms in total. The second-order valence-electron chi connectivity index (χ2n) is 5.04. The number of carbonyl (C=O) groups excluding carboxylic acids is 2. The zero-order valence-corrected chi connectivity index (χ0v) is 14.3. The van der Waals surface area contributed by atoms with Crippen LogP contribution in [-0.4, -0.2) is 40.4 Å². The van der Waals surface area contributed by atoms with E-state index in [2.05, 4.69) is 26.2 Å². The van der Waals surface area contributed by atoms with Crippen LogP contribution in [-0.2, 0) is 4.79 Å². The second-order valence-corrected chi connectivity index (χ2v) is 5.96. The smallest absolute Gasteiger partial charge is 0.276 e. The van der Waals surface area contributed by atoms with E-state index >= 15 is 0 Å². The van der Waals surface area contributed by atoms with Crippen LogP contribution in [0.25, 0.3) is 0 Å². The van der Waals surface area contributed by atoms with Gasteiger partial charge in [-0.15, -0.1) is 0 Å². The number of anilines is 1. The summed E-state index contributed by atoms with van der Waals surface area (Å²) in [5.74, 6) is -1.07. The molecule has 0 radical (unpaired) electrons. The lowest BCUT2D eigenvalue weighted by atomic mass is 10.2. The number of nitrogens with zero attached hydrogens (tertiary/aromatic N) is 2. The van der Waals surface area contributed by atoms with E-state index in [0.29, 0.717) is 5.69 Å². The van der Waals surface area contributed by atoms with Crippen LogP contribution in [0.2, 0.25) is 0 Å². The van der Waals surface area contributed by atoms with E-state index in [0.717, 1.165) is 10.0 Å². The number of pyridine rings is 1. The molecule has 0 unspecified atom stereocenters. The van der Waals surface area contributed by atoms with E-state index in [1.807, 2.05) is 19.1 Å². The highest BCUT2D eigenvalue weighted by molar-refractivity contribution is 9.10. The van der Waals surface area contributed by atoms with Gasteiger partial charge in [0.15, 0.2) is 5.69 Å². The Labute approximate surface area is 142 Å². The SMILES string of the molecule is Cc1cc(Br)ccc1NC(=O)CN(C)C(=O)c1ncccc1O. The molecular formula is C16H16BrN3O3. The zero-order chi connectivity index (χ0) is 17.0. The normalized spacial score (nSPS) is 10.2. The summed E-state index contributed by atoms with van der Waals surface area (Å²) in [4.78, 5) is 29.3. The number of hydrogen-bond acceptors (Lipinski definition) is 4. The van der Waals surface area contributed by atoms with E-state index in [9.17, 15) is 14.7 Å². The minimum Gasteiger partial charge on any atom is -0.505 e. The predicted molar refractivity (Wildman–Crippen MR) is 90.4 cm³/mol. The van der Waals surface area contributed by atoms with Crippen molar-refractivity contribution in [3.63, 3.8) is 0 Å². The van der Waals surface area contributed by atoms with Gasteiger partial charge < -0.3 is 15.3 Å². The fourth-order valence-electron chi connectivity index (χ4n) is 1.99. The van der Waals surface area contributed by atoms with Crippen molar-refractivity contribution in [3.05, 3.63) is 52.3 Å². The van der Waals surface area contributed by atoms with Crippen LogP contribution in [0, 0.1) is 6.92 Å². The Morgan fingerprint density at radius 2 is 2.09 bits per heavy atom. The summed E-state index contributed by atoms with van der Waals surface area (Å²) in [6.07, 6.45) is 1.41. The summed E-state index contributed by atoms with van der Waals surface area (Å²) < 4.78 is 0.922. The minimum atomic E-state index is -0.522. The number of aromatic nitrogens is 1. The molecule has 23 heavy (non-hydrogen) atoms. The first-order valence-electron chi connectivity index (χ1n) is 6.84. The number of aryl methyl sites for hydroxylation is 1. The fraction of sp³-hybridized carbons (Fsp3) is 0.188. The average molecular weight is 378 g/mol. The molecule has 2 rings (SSSR count). The topological polar surface area (TPSA) is 82.5 Å². The van der Waals surface area contributed by atoms with Crippen molar-refractivity contribution >= 4 is 33.4 Å². The Balaban J connectivity index is 2.02. The largest absolute Gasteiger partial charge is 0.505 e. The Hall–Kier alpha value is -2.41. The highest BCUT2D eigenvalue weighted by Gasteiger charge is 2.19. The van der Waals surface area contributed by atoms with Crippen molar-refractivity contribution in [1.82, 2.24) is 9.88 Å². The van der Waals surface area contributed by atoms with Gasteiger partial charge in [-0.2, -0.15) is 0 Å². The summed E-state index contributed by atoms with van der Waals surface area (Å²) in [5, 5.41) is 12.4. The number of carbonyl (C=O) groups is 2. The molecule has 7 heteroatoms. The Bertz CT molecular complexity index is 749. The van der Waals surface area contributed by atoms with Crippen LogP contribution < -0.4 is 5.32 Å². The van der Waals surface area contributed by atoms with Gasteiger partial charge in [0.2, 0.25) is 5.91 Å². The van der Waals surface area contributed by atoms with Crippen LogP contribution in [0.1, 0.15) is 16.1 Å². The van der Waals surface area contributed by atoms with Gasteiger partial charge in [-0.05, 0) is 42.8 Å². The highest BCUT2D eigenvalue weighted by Crippen LogP contribution is 2.20. The van der Waals surface area contributed by atoms with Gasteiger partial charge in [0.1, 0.15) is 5.75 Å². The molecule has 0 saturated carbocycles. The van der Waals surface area contributed by atoms with Gasteiger partial charge in [-0.25, -0.2) is 4.98 Å². The van der Waals surface area contributed by atoms with Gasteiger partial charge >= 0.3 is 0 Å². The Morgan fingerprint density at radius 3 is 2.74 bits per heavy atom. The Kier molecular flexibility index (Phi) is 5.33. The van der Waals surface area contributed by atoms with Crippen molar-refractivity contribution < 1.29 is 14.7 Å². The number of benzene rings is 1. The molecule has 0 saturated heterocycles. The summed E-state index contributed by atoms with van der Waals surface area (Å²) in [7, 11) is 1.48. The number of likely N-dealkylation sites (N-methyl/N-ethyl adjacent to an activating group) is 1. The minimum absolute atomic E-state index is 0.0809. The first kappa shape index (κ1) is 17.0. The van der Waals surface area contributed by atoms with Crippen LogP contribution >= 0.6 is 15.9 Å². The number of hydrogen-bond donors (Lipinski definition) is 2. The molecule has 0 atom stereocenters. The lowest BCUT2D eigenvalue weighted by Crippen LogP contribution is -2.35. The molecule has 1 aromatic heterocycles. The summed E-state index contributed by atoms with van der Waals surface area (Å²) in [6, 6.07) is 8.39. The van der Waals surface area contributed by atoms with E-state index in [1.165, 1.54) is 30.3 Å². The van der Waals surface area contributed by atoms with Gasteiger partial charge in [0, 0.05) is 23.4 Å². The lowest BCUT2D eigenvalue weighted by Gasteiger charge is -2.17. The molecule has 0 spiro atoms. The molecule has 0 bridgehead atoms. The van der Waals surface area contributed by atoms with Crippen molar-refractivity contribution in [2.24, 2.45) is 0 Å². The third-order valence-electron chi connectivity index (χ3n) is 3.18. The number of halogens is 1. The maximum absolute atomic E-state index is 12.2. The van der Waals surface area contributed by atoms with Crippen LogP contribution in [0.3, 0.4) is 0 Å². The molecule has 120 valence electrons. The number of amides is 2. The van der Waals surface area contributed by atoms with Crippen LogP contribution in [0.4, 0.5) is 5.69 Å². The van der Waals surface area contributed by atoms with E-state index in [1.54, 1.807) is 6.07 Å². The molecule has 2 N–H and O–H groups in total. The second kappa shape index (κ2) is 7.23. The van der Waals surface area contributed by atoms with Crippen molar-refractivity contribution in [3.8, 4) is 5.75 Å². The maximum atomic E-state index is 12.2. The van der Waals surface area contributed by atoms with E-state index in [4.69, 9.17) is 0 Å². The summed E-state index contributed by atoms with van der Waals surface area (Å²) in [6.45, 7) is 1.73. The molecule has 0 fully saturated rings.